The number of imide groups is 1. The lowest BCUT2D eigenvalue weighted by molar-refractivity contribution is 0.0660. The molecule has 1 aliphatic rings. The van der Waals surface area contributed by atoms with Crippen molar-refractivity contribution in [3.05, 3.63) is 58.1 Å². The summed E-state index contributed by atoms with van der Waals surface area (Å²) in [6.07, 6.45) is 1.31. The Labute approximate surface area is 156 Å². The second kappa shape index (κ2) is 7.17. The molecule has 0 atom stereocenters. The van der Waals surface area contributed by atoms with Crippen LogP contribution in [0.4, 0.5) is 0 Å². The lowest BCUT2D eigenvalue weighted by atomic mass is 10.1. The summed E-state index contributed by atoms with van der Waals surface area (Å²) in [6.45, 7) is 3.76. The van der Waals surface area contributed by atoms with E-state index in [2.05, 4.69) is 5.10 Å². The van der Waals surface area contributed by atoms with Gasteiger partial charge in [0.15, 0.2) is 11.5 Å². The first-order valence-corrected chi connectivity index (χ1v) is 8.36. The average Bonchev–Trinajstić information content (AvgIpc) is 2.86. The third kappa shape index (κ3) is 3.28. The zero-order chi connectivity index (χ0) is 18.8. The van der Waals surface area contributed by atoms with Gasteiger partial charge in [0.05, 0.1) is 35.6 Å². The molecule has 0 fully saturated rings. The number of hydrazone groups is 1. The number of carbonyl (C=O) groups is 2. The third-order valence-electron chi connectivity index (χ3n) is 3.70. The minimum Gasteiger partial charge on any atom is -0.493 e. The second-order valence-corrected chi connectivity index (χ2v) is 6.32. The summed E-state index contributed by atoms with van der Waals surface area (Å²) < 4.78 is 11.0. The number of benzene rings is 2. The van der Waals surface area contributed by atoms with E-state index in [1.54, 1.807) is 36.4 Å². The summed E-state index contributed by atoms with van der Waals surface area (Å²) in [4.78, 5) is 24.6. The standard InChI is InChI=1S/C19H17ClN2O4/c1-11(2)26-17-15(20)8-12(9-16(17)25-3)10-21-22-18(23)13-6-4-5-7-14(13)19(22)24/h4-11H,1-3H3/b21-10-. The van der Waals surface area contributed by atoms with Crippen LogP contribution in [0, 0.1) is 0 Å². The van der Waals surface area contributed by atoms with Gasteiger partial charge in [-0.15, -0.1) is 0 Å². The molecule has 0 N–H and O–H groups in total. The van der Waals surface area contributed by atoms with E-state index in [9.17, 15) is 9.59 Å². The van der Waals surface area contributed by atoms with Crippen LogP contribution >= 0.6 is 11.6 Å². The molecule has 0 saturated carbocycles. The number of amides is 2. The van der Waals surface area contributed by atoms with Crippen LogP contribution in [-0.2, 0) is 0 Å². The quantitative estimate of drug-likeness (QED) is 0.592. The maximum absolute atomic E-state index is 12.3. The van der Waals surface area contributed by atoms with Gasteiger partial charge in [-0.3, -0.25) is 9.59 Å². The van der Waals surface area contributed by atoms with Crippen molar-refractivity contribution < 1.29 is 19.1 Å². The van der Waals surface area contributed by atoms with E-state index in [1.165, 1.54) is 13.3 Å². The van der Waals surface area contributed by atoms with Crippen molar-refractivity contribution in [2.75, 3.05) is 7.11 Å². The fourth-order valence-corrected chi connectivity index (χ4v) is 2.83. The van der Waals surface area contributed by atoms with Crippen LogP contribution < -0.4 is 9.47 Å². The molecular weight excluding hydrogens is 356 g/mol. The normalized spacial score (nSPS) is 13.7. The molecule has 1 aliphatic heterocycles. The molecule has 0 unspecified atom stereocenters. The van der Waals surface area contributed by atoms with Crippen molar-refractivity contribution in [1.29, 1.82) is 0 Å². The van der Waals surface area contributed by atoms with Crippen molar-refractivity contribution in [3.63, 3.8) is 0 Å². The lowest BCUT2D eigenvalue weighted by Gasteiger charge is -2.15. The van der Waals surface area contributed by atoms with Crippen LogP contribution in [-0.4, -0.2) is 36.3 Å². The zero-order valence-electron chi connectivity index (χ0n) is 14.5. The Morgan fingerprint density at radius 3 is 2.27 bits per heavy atom. The number of hydrogen-bond acceptors (Lipinski definition) is 5. The molecule has 1 heterocycles. The number of carbonyl (C=O) groups excluding carboxylic acids is 2. The van der Waals surface area contributed by atoms with E-state index < -0.39 is 11.8 Å². The molecule has 0 spiro atoms. The monoisotopic (exact) mass is 372 g/mol. The van der Waals surface area contributed by atoms with E-state index in [0.717, 1.165) is 5.01 Å². The molecule has 0 saturated heterocycles. The Balaban J connectivity index is 1.89. The summed E-state index contributed by atoms with van der Waals surface area (Å²) in [7, 11) is 1.50. The predicted octanol–water partition coefficient (Wildman–Crippen LogP) is 3.77. The lowest BCUT2D eigenvalue weighted by Crippen LogP contribution is -2.24. The Morgan fingerprint density at radius 1 is 1.12 bits per heavy atom. The molecule has 0 aliphatic carbocycles. The van der Waals surface area contributed by atoms with Gasteiger partial charge < -0.3 is 9.47 Å². The molecule has 6 nitrogen and oxygen atoms in total. The fraction of sp³-hybridized carbons (Fsp3) is 0.211. The largest absolute Gasteiger partial charge is 0.493 e. The first kappa shape index (κ1) is 17.9. The molecule has 0 aromatic heterocycles. The Kier molecular flexibility index (Phi) is 4.95. The number of methoxy groups -OCH3 is 1. The maximum Gasteiger partial charge on any atom is 0.282 e. The number of fused-ring (bicyclic) bond motifs is 1. The number of ether oxygens (including phenoxy) is 2. The SMILES string of the molecule is COc1cc(/C=N\N2C(=O)c3ccccc3C2=O)cc(Cl)c1OC(C)C. The fourth-order valence-electron chi connectivity index (χ4n) is 2.57. The van der Waals surface area contributed by atoms with Crippen LogP contribution in [0.25, 0.3) is 0 Å². The van der Waals surface area contributed by atoms with Gasteiger partial charge in [0.25, 0.3) is 11.8 Å². The highest BCUT2D eigenvalue weighted by Gasteiger charge is 2.35. The Morgan fingerprint density at radius 2 is 1.73 bits per heavy atom. The topological polar surface area (TPSA) is 68.2 Å². The first-order chi connectivity index (χ1) is 12.4. The summed E-state index contributed by atoms with van der Waals surface area (Å²) in [6, 6.07) is 9.91. The van der Waals surface area contributed by atoms with Crippen LogP contribution in [0.2, 0.25) is 5.02 Å². The van der Waals surface area contributed by atoms with Crippen LogP contribution in [0.3, 0.4) is 0 Å². The molecule has 26 heavy (non-hydrogen) atoms. The van der Waals surface area contributed by atoms with E-state index in [0.29, 0.717) is 33.2 Å². The molecule has 0 radical (unpaired) electrons. The highest BCUT2D eigenvalue weighted by molar-refractivity contribution is 6.32. The summed E-state index contributed by atoms with van der Waals surface area (Å²) in [5.41, 5.74) is 1.25. The zero-order valence-corrected chi connectivity index (χ0v) is 15.3. The Hall–Kier alpha value is -2.86. The maximum atomic E-state index is 12.3. The molecule has 2 aromatic rings. The molecule has 0 bridgehead atoms. The smallest absolute Gasteiger partial charge is 0.282 e. The van der Waals surface area contributed by atoms with Crippen molar-refractivity contribution in [2.45, 2.75) is 20.0 Å². The molecule has 2 aromatic carbocycles. The number of hydrogen-bond donors (Lipinski definition) is 0. The van der Waals surface area contributed by atoms with E-state index in [4.69, 9.17) is 21.1 Å². The van der Waals surface area contributed by atoms with Crippen molar-refractivity contribution >= 4 is 29.6 Å². The van der Waals surface area contributed by atoms with Gasteiger partial charge in [-0.05, 0) is 43.7 Å². The molecule has 3 rings (SSSR count). The summed E-state index contributed by atoms with van der Waals surface area (Å²) in [5.74, 6) is -0.0450. The van der Waals surface area contributed by atoms with Crippen LogP contribution in [0.1, 0.15) is 40.1 Å². The van der Waals surface area contributed by atoms with Crippen LogP contribution in [0.5, 0.6) is 11.5 Å². The van der Waals surface area contributed by atoms with Gasteiger partial charge in [-0.1, -0.05) is 23.7 Å². The van der Waals surface area contributed by atoms with Crippen molar-refractivity contribution in [2.24, 2.45) is 5.10 Å². The van der Waals surface area contributed by atoms with Crippen molar-refractivity contribution in [1.82, 2.24) is 5.01 Å². The van der Waals surface area contributed by atoms with Gasteiger partial charge in [0.1, 0.15) is 0 Å². The number of nitrogens with zero attached hydrogens (tertiary/aromatic N) is 2. The van der Waals surface area contributed by atoms with Crippen molar-refractivity contribution in [3.8, 4) is 11.5 Å². The molecule has 2 amide bonds. The second-order valence-electron chi connectivity index (χ2n) is 5.91. The minimum absolute atomic E-state index is 0.0701. The van der Waals surface area contributed by atoms with E-state index >= 15 is 0 Å². The summed E-state index contributed by atoms with van der Waals surface area (Å²) >= 11 is 6.27. The predicted molar refractivity (Wildman–Crippen MR) is 98.3 cm³/mol. The summed E-state index contributed by atoms with van der Waals surface area (Å²) in [5, 5.41) is 5.22. The number of halogens is 1. The van der Waals surface area contributed by atoms with Gasteiger partial charge in [0, 0.05) is 0 Å². The average molecular weight is 373 g/mol. The van der Waals surface area contributed by atoms with Gasteiger partial charge >= 0.3 is 0 Å². The van der Waals surface area contributed by atoms with E-state index in [1.807, 2.05) is 13.8 Å². The third-order valence-corrected chi connectivity index (χ3v) is 3.98. The minimum atomic E-state index is -0.459. The highest BCUT2D eigenvalue weighted by Crippen LogP contribution is 2.36. The molecule has 7 heteroatoms. The van der Waals surface area contributed by atoms with E-state index in [-0.39, 0.29) is 6.10 Å². The van der Waals surface area contributed by atoms with Crippen LogP contribution in [0.15, 0.2) is 41.5 Å². The van der Waals surface area contributed by atoms with Gasteiger partial charge in [-0.2, -0.15) is 10.1 Å². The first-order valence-electron chi connectivity index (χ1n) is 7.98. The molecular formula is C19H17ClN2O4. The van der Waals surface area contributed by atoms with Gasteiger partial charge in [-0.25, -0.2) is 0 Å². The van der Waals surface area contributed by atoms with Gasteiger partial charge in [0.2, 0.25) is 0 Å². The number of rotatable bonds is 5. The Bertz CT molecular complexity index is 873. The molecule has 134 valence electrons. The highest BCUT2D eigenvalue weighted by atomic mass is 35.5.